The van der Waals surface area contributed by atoms with E-state index >= 15 is 0 Å². The molecule has 0 saturated carbocycles. The van der Waals surface area contributed by atoms with Crippen molar-refractivity contribution in [2.45, 2.75) is 26.4 Å². The van der Waals surface area contributed by atoms with Crippen LogP contribution in [0.15, 0.2) is 30.6 Å². The molecule has 1 aliphatic heterocycles. The SMILES string of the molecule is CC(C)n1ncnc1-c1nc2n(c1I)CCOc1ccccc1-2. The van der Waals surface area contributed by atoms with Crippen LogP contribution in [0.4, 0.5) is 0 Å². The van der Waals surface area contributed by atoms with Crippen molar-refractivity contribution in [3.8, 4) is 28.7 Å². The summed E-state index contributed by atoms with van der Waals surface area (Å²) in [6.07, 6.45) is 1.59. The number of nitrogens with zero attached hydrogens (tertiary/aromatic N) is 5. The van der Waals surface area contributed by atoms with E-state index in [1.165, 1.54) is 0 Å². The highest BCUT2D eigenvalue weighted by atomic mass is 127. The molecule has 0 fully saturated rings. The second-order valence-electron chi connectivity index (χ2n) is 5.69. The third-order valence-corrected chi connectivity index (χ3v) is 4.97. The van der Waals surface area contributed by atoms with Gasteiger partial charge in [0.25, 0.3) is 0 Å². The van der Waals surface area contributed by atoms with Crippen molar-refractivity contribution < 1.29 is 4.74 Å². The fourth-order valence-electron chi connectivity index (χ4n) is 2.81. The molecule has 1 aromatic carbocycles. The number of fused-ring (bicyclic) bond motifs is 3. The molecule has 6 nitrogen and oxygen atoms in total. The average Bonchev–Trinajstić information content (AvgIpc) is 3.09. The third kappa shape index (κ3) is 2.34. The zero-order chi connectivity index (χ0) is 16.0. The van der Waals surface area contributed by atoms with Crippen molar-refractivity contribution in [1.29, 1.82) is 0 Å². The molecule has 118 valence electrons. The molecule has 0 N–H and O–H groups in total. The lowest BCUT2D eigenvalue weighted by atomic mass is 10.2. The number of hydrogen-bond acceptors (Lipinski definition) is 4. The second-order valence-corrected chi connectivity index (χ2v) is 6.71. The Bertz CT molecular complexity index is 867. The maximum absolute atomic E-state index is 5.84. The van der Waals surface area contributed by atoms with E-state index in [1.54, 1.807) is 6.33 Å². The average molecular weight is 421 g/mol. The summed E-state index contributed by atoms with van der Waals surface area (Å²) in [4.78, 5) is 9.32. The first kappa shape index (κ1) is 14.7. The monoisotopic (exact) mass is 421 g/mol. The summed E-state index contributed by atoms with van der Waals surface area (Å²) in [6, 6.07) is 8.27. The number of imidazole rings is 1. The topological polar surface area (TPSA) is 57.8 Å². The maximum atomic E-state index is 5.84. The van der Waals surface area contributed by atoms with E-state index in [9.17, 15) is 0 Å². The summed E-state index contributed by atoms with van der Waals surface area (Å²) in [5, 5.41) is 4.33. The van der Waals surface area contributed by atoms with E-state index in [4.69, 9.17) is 9.72 Å². The smallest absolute Gasteiger partial charge is 0.179 e. The van der Waals surface area contributed by atoms with Gasteiger partial charge in [-0.05, 0) is 48.6 Å². The summed E-state index contributed by atoms with van der Waals surface area (Å²) < 4.78 is 11.0. The van der Waals surface area contributed by atoms with Crippen LogP contribution in [0.1, 0.15) is 19.9 Å². The minimum Gasteiger partial charge on any atom is -0.491 e. The largest absolute Gasteiger partial charge is 0.491 e. The van der Waals surface area contributed by atoms with Crippen molar-refractivity contribution in [3.63, 3.8) is 0 Å². The van der Waals surface area contributed by atoms with Gasteiger partial charge in [-0.1, -0.05) is 12.1 Å². The molecular formula is C16H16IN5O. The van der Waals surface area contributed by atoms with Crippen LogP contribution in [-0.4, -0.2) is 30.9 Å². The van der Waals surface area contributed by atoms with E-state index in [1.807, 2.05) is 28.9 Å². The molecule has 3 aromatic rings. The van der Waals surface area contributed by atoms with Crippen molar-refractivity contribution in [2.75, 3.05) is 6.61 Å². The van der Waals surface area contributed by atoms with Gasteiger partial charge in [0.05, 0.1) is 12.1 Å². The molecule has 7 heteroatoms. The van der Waals surface area contributed by atoms with E-state index < -0.39 is 0 Å². The molecule has 0 amide bonds. The van der Waals surface area contributed by atoms with Gasteiger partial charge in [-0.3, -0.25) is 0 Å². The highest BCUT2D eigenvalue weighted by Gasteiger charge is 2.25. The zero-order valence-corrected chi connectivity index (χ0v) is 15.1. The van der Waals surface area contributed by atoms with Gasteiger partial charge < -0.3 is 9.30 Å². The summed E-state index contributed by atoms with van der Waals surface area (Å²) >= 11 is 2.34. The molecule has 0 unspecified atom stereocenters. The Hall–Kier alpha value is -1.90. The number of rotatable bonds is 2. The first-order valence-corrected chi connectivity index (χ1v) is 8.63. The van der Waals surface area contributed by atoms with Crippen LogP contribution < -0.4 is 4.74 Å². The summed E-state index contributed by atoms with van der Waals surface area (Å²) in [7, 11) is 0. The first-order chi connectivity index (χ1) is 11.2. The Kier molecular flexibility index (Phi) is 3.59. The van der Waals surface area contributed by atoms with Crippen LogP contribution in [0.25, 0.3) is 22.9 Å². The van der Waals surface area contributed by atoms with Crippen LogP contribution >= 0.6 is 22.6 Å². The lowest BCUT2D eigenvalue weighted by molar-refractivity contribution is 0.305. The summed E-state index contributed by atoms with van der Waals surface area (Å²) in [6.45, 7) is 5.59. The van der Waals surface area contributed by atoms with Crippen molar-refractivity contribution in [1.82, 2.24) is 24.3 Å². The van der Waals surface area contributed by atoms with Gasteiger partial charge in [0.1, 0.15) is 33.9 Å². The van der Waals surface area contributed by atoms with Gasteiger partial charge in [0.15, 0.2) is 5.82 Å². The Morgan fingerprint density at radius 3 is 2.87 bits per heavy atom. The van der Waals surface area contributed by atoms with Crippen LogP contribution in [0.3, 0.4) is 0 Å². The predicted molar refractivity (Wildman–Crippen MR) is 95.3 cm³/mol. The normalized spacial score (nSPS) is 13.4. The van der Waals surface area contributed by atoms with E-state index in [0.717, 1.165) is 38.9 Å². The van der Waals surface area contributed by atoms with Crippen LogP contribution in [0, 0.1) is 3.70 Å². The molecule has 2 aromatic heterocycles. The molecular weight excluding hydrogens is 405 g/mol. The fourth-order valence-corrected chi connectivity index (χ4v) is 3.64. The van der Waals surface area contributed by atoms with E-state index in [-0.39, 0.29) is 6.04 Å². The first-order valence-electron chi connectivity index (χ1n) is 7.55. The lowest BCUT2D eigenvalue weighted by Crippen LogP contribution is -2.08. The van der Waals surface area contributed by atoms with Gasteiger partial charge in [-0.15, -0.1) is 0 Å². The predicted octanol–water partition coefficient (Wildman–Crippen LogP) is 3.39. The number of para-hydroxylation sites is 1. The zero-order valence-electron chi connectivity index (χ0n) is 12.9. The Morgan fingerprint density at radius 2 is 2.04 bits per heavy atom. The van der Waals surface area contributed by atoms with Crippen LogP contribution in [-0.2, 0) is 6.54 Å². The van der Waals surface area contributed by atoms with Gasteiger partial charge in [0.2, 0.25) is 0 Å². The van der Waals surface area contributed by atoms with E-state index in [0.29, 0.717) is 6.61 Å². The van der Waals surface area contributed by atoms with Crippen LogP contribution in [0.2, 0.25) is 0 Å². The number of ether oxygens (including phenoxy) is 1. The van der Waals surface area contributed by atoms with Gasteiger partial charge in [0, 0.05) is 6.04 Å². The standard InChI is InChI=1S/C16H16IN5O/c1-10(2)22-16(18-9-19-22)13-14(17)21-7-8-23-12-6-4-3-5-11(12)15(21)20-13/h3-6,9-10H,7-8H2,1-2H3. The molecule has 0 bridgehead atoms. The lowest BCUT2D eigenvalue weighted by Gasteiger charge is -2.08. The molecule has 0 radical (unpaired) electrons. The van der Waals surface area contributed by atoms with E-state index in [2.05, 4.69) is 51.1 Å². The quantitative estimate of drug-likeness (QED) is 0.596. The summed E-state index contributed by atoms with van der Waals surface area (Å²) in [5.41, 5.74) is 1.90. The van der Waals surface area contributed by atoms with Crippen molar-refractivity contribution in [2.24, 2.45) is 0 Å². The molecule has 0 atom stereocenters. The summed E-state index contributed by atoms with van der Waals surface area (Å²) in [5.74, 6) is 2.61. The Balaban J connectivity index is 1.93. The molecule has 23 heavy (non-hydrogen) atoms. The highest BCUT2D eigenvalue weighted by molar-refractivity contribution is 14.1. The third-order valence-electron chi connectivity index (χ3n) is 3.88. The Labute approximate surface area is 147 Å². The number of benzene rings is 1. The van der Waals surface area contributed by atoms with Gasteiger partial charge >= 0.3 is 0 Å². The molecule has 0 spiro atoms. The number of halogens is 1. The number of aromatic nitrogens is 5. The molecule has 1 aliphatic rings. The second kappa shape index (κ2) is 5.63. The van der Waals surface area contributed by atoms with Crippen LogP contribution in [0.5, 0.6) is 5.75 Å². The Morgan fingerprint density at radius 1 is 1.22 bits per heavy atom. The molecule has 4 rings (SSSR count). The minimum atomic E-state index is 0.237. The molecule has 3 heterocycles. The van der Waals surface area contributed by atoms with Crippen molar-refractivity contribution in [3.05, 3.63) is 34.3 Å². The fraction of sp³-hybridized carbons (Fsp3) is 0.312. The molecule has 0 aliphatic carbocycles. The maximum Gasteiger partial charge on any atom is 0.179 e. The molecule has 0 saturated heterocycles. The van der Waals surface area contributed by atoms with Gasteiger partial charge in [-0.25, -0.2) is 14.6 Å². The highest BCUT2D eigenvalue weighted by Crippen LogP contribution is 2.36. The minimum absolute atomic E-state index is 0.237. The van der Waals surface area contributed by atoms with Gasteiger partial charge in [-0.2, -0.15) is 5.10 Å². The number of hydrogen-bond donors (Lipinski definition) is 0. The van der Waals surface area contributed by atoms with Crippen molar-refractivity contribution >= 4 is 22.6 Å².